The third-order valence-corrected chi connectivity index (χ3v) is 4.36. The Balaban J connectivity index is 1.74. The zero-order valence-corrected chi connectivity index (χ0v) is 11.9. The average molecular weight is 281 g/mol. The van der Waals surface area contributed by atoms with Gasteiger partial charge in [-0.15, -0.1) is 11.3 Å². The molecule has 0 aromatic carbocycles. The molecule has 1 N–H and O–H groups in total. The van der Waals surface area contributed by atoms with Gasteiger partial charge < -0.3 is 10.1 Å². The fraction of sp³-hybridized carbons (Fsp3) is 0.571. The molecular formula is C14H19NO3S. The molecule has 1 aliphatic rings. The first-order chi connectivity index (χ1) is 9.16. The van der Waals surface area contributed by atoms with Crippen molar-refractivity contribution in [3.63, 3.8) is 0 Å². The fourth-order valence-electron chi connectivity index (χ4n) is 2.38. The highest BCUT2D eigenvalue weighted by Crippen LogP contribution is 2.23. The van der Waals surface area contributed by atoms with Crippen molar-refractivity contribution in [1.29, 1.82) is 0 Å². The summed E-state index contributed by atoms with van der Waals surface area (Å²) in [7, 11) is 0. The Hall–Kier alpha value is -1.36. The lowest BCUT2D eigenvalue weighted by Gasteiger charge is -2.29. The van der Waals surface area contributed by atoms with Crippen molar-refractivity contribution in [3.05, 3.63) is 22.4 Å². The van der Waals surface area contributed by atoms with Crippen molar-refractivity contribution in [1.82, 2.24) is 5.32 Å². The van der Waals surface area contributed by atoms with Crippen LogP contribution in [-0.4, -0.2) is 24.5 Å². The van der Waals surface area contributed by atoms with E-state index in [0.29, 0.717) is 10.8 Å². The molecule has 2 atom stereocenters. The number of carbonyl (C=O) groups excluding carboxylic acids is 2. The normalized spacial score (nSPS) is 22.8. The monoisotopic (exact) mass is 281 g/mol. The third-order valence-electron chi connectivity index (χ3n) is 3.51. The molecule has 0 saturated heterocycles. The summed E-state index contributed by atoms with van der Waals surface area (Å²) in [5, 5.41) is 4.76. The standard InChI is InChI=1S/C14H19NO3S/c1-10-5-2-3-6-11(10)15-13(16)9-18-14(17)12-7-4-8-19-12/h4,7-8,10-11H,2-3,5-6,9H2,1H3,(H,15,16)/t10-,11+/m0/s1. The van der Waals surface area contributed by atoms with Gasteiger partial charge in [-0.25, -0.2) is 4.79 Å². The average Bonchev–Trinajstić information content (AvgIpc) is 2.93. The van der Waals surface area contributed by atoms with Gasteiger partial charge in [0.15, 0.2) is 6.61 Å². The molecule has 1 aliphatic carbocycles. The summed E-state index contributed by atoms with van der Waals surface area (Å²) in [6.07, 6.45) is 4.57. The van der Waals surface area contributed by atoms with Crippen molar-refractivity contribution in [2.75, 3.05) is 6.61 Å². The number of rotatable bonds is 4. The lowest BCUT2D eigenvalue weighted by molar-refractivity contribution is -0.125. The number of hydrogen-bond donors (Lipinski definition) is 1. The minimum Gasteiger partial charge on any atom is -0.451 e. The topological polar surface area (TPSA) is 55.4 Å². The summed E-state index contributed by atoms with van der Waals surface area (Å²) in [4.78, 5) is 23.8. The van der Waals surface area contributed by atoms with Crippen LogP contribution in [0.3, 0.4) is 0 Å². The van der Waals surface area contributed by atoms with Crippen LogP contribution in [0, 0.1) is 5.92 Å². The van der Waals surface area contributed by atoms with Gasteiger partial charge in [0.25, 0.3) is 5.91 Å². The molecule has 0 spiro atoms. The van der Waals surface area contributed by atoms with Crippen LogP contribution in [0.4, 0.5) is 0 Å². The quantitative estimate of drug-likeness (QED) is 0.863. The molecule has 0 aliphatic heterocycles. The lowest BCUT2D eigenvalue weighted by atomic mass is 9.86. The van der Waals surface area contributed by atoms with Gasteiger partial charge in [-0.1, -0.05) is 25.8 Å². The summed E-state index contributed by atoms with van der Waals surface area (Å²) in [6.45, 7) is 1.96. The summed E-state index contributed by atoms with van der Waals surface area (Å²) in [5.41, 5.74) is 0. The Morgan fingerprint density at radius 2 is 2.21 bits per heavy atom. The van der Waals surface area contributed by atoms with Gasteiger partial charge in [0.1, 0.15) is 4.88 Å². The molecular weight excluding hydrogens is 262 g/mol. The molecule has 5 heteroatoms. The third kappa shape index (κ3) is 4.06. The van der Waals surface area contributed by atoms with Crippen molar-refractivity contribution < 1.29 is 14.3 Å². The van der Waals surface area contributed by atoms with Gasteiger partial charge in [0, 0.05) is 6.04 Å². The second-order valence-electron chi connectivity index (χ2n) is 4.99. The molecule has 1 heterocycles. The first-order valence-corrected chi connectivity index (χ1v) is 7.55. The predicted molar refractivity (Wildman–Crippen MR) is 74.2 cm³/mol. The van der Waals surface area contributed by atoms with Crippen LogP contribution in [0.15, 0.2) is 17.5 Å². The van der Waals surface area contributed by atoms with E-state index in [1.54, 1.807) is 17.5 Å². The van der Waals surface area contributed by atoms with E-state index in [1.165, 1.54) is 17.8 Å². The zero-order valence-electron chi connectivity index (χ0n) is 11.1. The molecule has 1 saturated carbocycles. The van der Waals surface area contributed by atoms with Gasteiger partial charge in [0.05, 0.1) is 0 Å². The number of carbonyl (C=O) groups is 2. The number of hydrogen-bond acceptors (Lipinski definition) is 4. The number of thiophene rings is 1. The number of nitrogens with one attached hydrogen (secondary N) is 1. The molecule has 1 amide bonds. The number of amides is 1. The lowest BCUT2D eigenvalue weighted by Crippen LogP contribution is -2.42. The second kappa shape index (κ2) is 6.70. The van der Waals surface area contributed by atoms with E-state index in [-0.39, 0.29) is 18.6 Å². The smallest absolute Gasteiger partial charge is 0.348 e. The van der Waals surface area contributed by atoms with Crippen LogP contribution < -0.4 is 5.32 Å². The highest BCUT2D eigenvalue weighted by molar-refractivity contribution is 7.11. The maximum atomic E-state index is 11.7. The van der Waals surface area contributed by atoms with Gasteiger partial charge in [0.2, 0.25) is 0 Å². The largest absolute Gasteiger partial charge is 0.451 e. The van der Waals surface area contributed by atoms with E-state index in [9.17, 15) is 9.59 Å². The molecule has 0 unspecified atom stereocenters. The predicted octanol–water partition coefficient (Wildman–Crippen LogP) is 2.60. The van der Waals surface area contributed by atoms with E-state index in [2.05, 4.69) is 12.2 Å². The van der Waals surface area contributed by atoms with Crippen LogP contribution in [0.2, 0.25) is 0 Å². The first-order valence-electron chi connectivity index (χ1n) is 6.67. The first kappa shape index (κ1) is 14.1. The SMILES string of the molecule is C[C@H]1CCCC[C@H]1NC(=O)COC(=O)c1cccs1. The van der Waals surface area contributed by atoms with E-state index in [1.807, 2.05) is 0 Å². The Labute approximate surface area is 117 Å². The van der Waals surface area contributed by atoms with Crippen molar-refractivity contribution in [3.8, 4) is 0 Å². The maximum absolute atomic E-state index is 11.7. The van der Waals surface area contributed by atoms with E-state index >= 15 is 0 Å². The van der Waals surface area contributed by atoms with Crippen molar-refractivity contribution in [2.45, 2.75) is 38.6 Å². The minimum atomic E-state index is -0.429. The Kier molecular flexibility index (Phi) is 4.96. The second-order valence-corrected chi connectivity index (χ2v) is 5.94. The highest BCUT2D eigenvalue weighted by atomic mass is 32.1. The molecule has 19 heavy (non-hydrogen) atoms. The summed E-state index contributed by atoms with van der Waals surface area (Å²) < 4.78 is 4.98. The van der Waals surface area contributed by atoms with Gasteiger partial charge >= 0.3 is 5.97 Å². The van der Waals surface area contributed by atoms with E-state index in [0.717, 1.165) is 19.3 Å². The molecule has 4 nitrogen and oxygen atoms in total. The number of ether oxygens (including phenoxy) is 1. The van der Waals surface area contributed by atoms with Crippen LogP contribution in [-0.2, 0) is 9.53 Å². The van der Waals surface area contributed by atoms with Crippen LogP contribution >= 0.6 is 11.3 Å². The Bertz CT molecular complexity index is 430. The van der Waals surface area contributed by atoms with Crippen LogP contribution in [0.25, 0.3) is 0 Å². The molecule has 104 valence electrons. The summed E-state index contributed by atoms with van der Waals surface area (Å²) in [6, 6.07) is 3.70. The molecule has 1 aromatic heterocycles. The van der Waals surface area contributed by atoms with Crippen LogP contribution in [0.5, 0.6) is 0 Å². The Morgan fingerprint density at radius 1 is 1.42 bits per heavy atom. The molecule has 1 aromatic rings. The minimum absolute atomic E-state index is 0.194. The van der Waals surface area contributed by atoms with Crippen LogP contribution in [0.1, 0.15) is 42.3 Å². The molecule has 0 radical (unpaired) electrons. The van der Waals surface area contributed by atoms with Crippen molar-refractivity contribution >= 4 is 23.2 Å². The fourth-order valence-corrected chi connectivity index (χ4v) is 2.99. The maximum Gasteiger partial charge on any atom is 0.348 e. The van der Waals surface area contributed by atoms with Gasteiger partial charge in [-0.3, -0.25) is 4.79 Å². The van der Waals surface area contributed by atoms with E-state index in [4.69, 9.17) is 4.74 Å². The van der Waals surface area contributed by atoms with E-state index < -0.39 is 5.97 Å². The Morgan fingerprint density at radius 3 is 2.89 bits per heavy atom. The van der Waals surface area contributed by atoms with Gasteiger partial charge in [-0.05, 0) is 30.2 Å². The molecule has 1 fully saturated rings. The summed E-state index contributed by atoms with van der Waals surface area (Å²) in [5.74, 6) is -0.129. The highest BCUT2D eigenvalue weighted by Gasteiger charge is 2.23. The van der Waals surface area contributed by atoms with Crippen molar-refractivity contribution in [2.24, 2.45) is 5.92 Å². The van der Waals surface area contributed by atoms with Gasteiger partial charge in [-0.2, -0.15) is 0 Å². The molecule has 0 bridgehead atoms. The summed E-state index contributed by atoms with van der Waals surface area (Å²) >= 11 is 1.31. The number of esters is 1. The molecule has 2 rings (SSSR count). The zero-order chi connectivity index (χ0) is 13.7.